The molecule has 0 spiro atoms. The molecule has 0 aliphatic heterocycles. The van der Waals surface area contributed by atoms with E-state index in [9.17, 15) is 22.8 Å². The maximum Gasteiger partial charge on any atom is 0.393 e. The average Bonchev–Trinajstić information content (AvgIpc) is 3.29. The number of alkyl halides is 3. The quantitative estimate of drug-likeness (QED) is 0.0804. The molecule has 10 nitrogen and oxygen atoms in total. The van der Waals surface area contributed by atoms with Gasteiger partial charge in [-0.1, -0.05) is 92.8 Å². The van der Waals surface area contributed by atoms with Crippen LogP contribution in [0.1, 0.15) is 72.3 Å². The molecule has 6 rings (SSSR count). The van der Waals surface area contributed by atoms with Crippen LogP contribution >= 0.6 is 34.8 Å². The van der Waals surface area contributed by atoms with E-state index in [0.29, 0.717) is 75.7 Å². The summed E-state index contributed by atoms with van der Waals surface area (Å²) in [5, 5.41) is 7.76. The average molecular weight is 990 g/mol. The fraction of sp³-hybridized carbons (Fsp3) is 0.288. The number of anilines is 7. The van der Waals surface area contributed by atoms with Crippen LogP contribution in [0, 0.1) is 6.92 Å². The minimum Gasteiger partial charge on any atom is -0.398 e. The molecule has 1 aromatic heterocycles. The zero-order chi connectivity index (χ0) is 49.9. The number of hydrogen-bond donors (Lipinski definition) is 4. The number of carbonyl (C=O) groups excluding carboxylic acids is 2. The molecule has 16 heteroatoms. The van der Waals surface area contributed by atoms with Crippen molar-refractivity contribution in [3.8, 4) is 0 Å². The molecule has 0 saturated carbocycles. The number of urea groups is 2. The van der Waals surface area contributed by atoms with E-state index in [0.717, 1.165) is 50.4 Å². The van der Waals surface area contributed by atoms with Gasteiger partial charge >= 0.3 is 18.2 Å². The zero-order valence-corrected chi connectivity index (χ0v) is 41.6. The van der Waals surface area contributed by atoms with E-state index in [1.807, 2.05) is 114 Å². The highest BCUT2D eigenvalue weighted by molar-refractivity contribution is 6.33. The number of pyridine rings is 1. The van der Waals surface area contributed by atoms with Crippen LogP contribution in [0.2, 0.25) is 15.1 Å². The Labute approximate surface area is 412 Å². The second-order valence-electron chi connectivity index (χ2n) is 16.3. The Morgan fingerprint density at radius 1 is 0.588 bits per heavy atom. The predicted molar refractivity (Wildman–Crippen MR) is 277 cm³/mol. The van der Waals surface area contributed by atoms with Gasteiger partial charge in [0.1, 0.15) is 0 Å². The lowest BCUT2D eigenvalue weighted by Crippen LogP contribution is -2.35. The molecule has 6 aromatic rings. The van der Waals surface area contributed by atoms with Gasteiger partial charge in [0.25, 0.3) is 0 Å². The first-order valence-corrected chi connectivity index (χ1v) is 23.4. The number of amides is 4. The van der Waals surface area contributed by atoms with Crippen LogP contribution in [-0.4, -0.2) is 37.3 Å². The molecule has 0 bridgehead atoms. The number of benzene rings is 5. The number of nitrogens with two attached hydrogens (primary N) is 2. The van der Waals surface area contributed by atoms with E-state index < -0.39 is 18.6 Å². The number of nitrogen functional groups attached to an aromatic ring is 2. The third kappa shape index (κ3) is 13.7. The van der Waals surface area contributed by atoms with Gasteiger partial charge in [0.2, 0.25) is 0 Å². The molecule has 0 unspecified atom stereocenters. The van der Waals surface area contributed by atoms with E-state index in [1.54, 1.807) is 23.2 Å². The van der Waals surface area contributed by atoms with Gasteiger partial charge in [-0.2, -0.15) is 13.2 Å². The molecule has 0 saturated heterocycles. The standard InChI is InChI=1S/C26H30Cl2N4O.C26H28ClF3N4O/c1-5-21-23(28)15-24(29)22(6-2)25(21)30-26(33)32(16-17-7-9-18(27)10-8-17)20-13-11-19(12-14-20)31(3)4;1-4-20-22(27)12-23(31)21(5-2)24(20)33-25(35)34(15-18-7-6-16(3)32-14-18)19-10-8-17(9-11-19)13-26(28,29)30/h7-15H,5-6,16,29H2,1-4H3,(H,30,33);6-12,14H,4-5,13,15,31H2,1-3H3,(H,33,35). The predicted octanol–water partition coefficient (Wildman–Crippen LogP) is 14.1. The van der Waals surface area contributed by atoms with Crippen LogP contribution < -0.4 is 36.8 Å². The van der Waals surface area contributed by atoms with Crippen molar-refractivity contribution in [1.82, 2.24) is 4.98 Å². The summed E-state index contributed by atoms with van der Waals surface area (Å²) < 4.78 is 38.4. The molecular weight excluding hydrogens is 932 g/mol. The normalized spacial score (nSPS) is 11.1. The summed E-state index contributed by atoms with van der Waals surface area (Å²) in [4.78, 5) is 36.7. The summed E-state index contributed by atoms with van der Waals surface area (Å²) in [6, 6.07) is 27.6. The van der Waals surface area contributed by atoms with Crippen molar-refractivity contribution in [3.05, 3.63) is 163 Å². The van der Waals surface area contributed by atoms with Crippen molar-refractivity contribution in [2.24, 2.45) is 0 Å². The lowest BCUT2D eigenvalue weighted by atomic mass is 10.0. The van der Waals surface area contributed by atoms with Gasteiger partial charge in [-0.3, -0.25) is 14.8 Å². The molecule has 0 radical (unpaired) electrons. The van der Waals surface area contributed by atoms with Crippen molar-refractivity contribution < 1.29 is 22.8 Å². The number of nitrogens with zero attached hydrogens (tertiary/aromatic N) is 4. The number of aryl methyl sites for hydroxylation is 1. The zero-order valence-electron chi connectivity index (χ0n) is 39.3. The summed E-state index contributed by atoms with van der Waals surface area (Å²) in [6.07, 6.45) is -1.17. The van der Waals surface area contributed by atoms with Gasteiger partial charge in [-0.25, -0.2) is 9.59 Å². The minimum atomic E-state index is -4.31. The number of rotatable bonds is 14. The van der Waals surface area contributed by atoms with Gasteiger partial charge in [0.05, 0.1) is 30.9 Å². The number of hydrogen-bond acceptors (Lipinski definition) is 6. The van der Waals surface area contributed by atoms with Gasteiger partial charge in [0.15, 0.2) is 0 Å². The summed E-state index contributed by atoms with van der Waals surface area (Å²) in [7, 11) is 3.96. The summed E-state index contributed by atoms with van der Waals surface area (Å²) >= 11 is 18.9. The smallest absolute Gasteiger partial charge is 0.393 e. The summed E-state index contributed by atoms with van der Waals surface area (Å²) in [6.45, 7) is 10.3. The maximum atomic E-state index is 13.7. The van der Waals surface area contributed by atoms with E-state index in [2.05, 4.69) is 15.6 Å². The summed E-state index contributed by atoms with van der Waals surface area (Å²) in [5.41, 5.74) is 23.0. The molecular formula is C52H58Cl3F3N8O2. The van der Waals surface area contributed by atoms with Crippen molar-refractivity contribution in [2.75, 3.05) is 50.9 Å². The maximum absolute atomic E-state index is 13.7. The van der Waals surface area contributed by atoms with E-state index >= 15 is 0 Å². The highest BCUT2D eigenvalue weighted by atomic mass is 35.5. The Bertz CT molecular complexity index is 2610. The second-order valence-corrected chi connectivity index (χ2v) is 17.6. The van der Waals surface area contributed by atoms with Crippen molar-refractivity contribution in [1.29, 1.82) is 0 Å². The van der Waals surface area contributed by atoms with Crippen molar-refractivity contribution >= 4 is 86.7 Å². The molecule has 0 fully saturated rings. The van der Waals surface area contributed by atoms with Crippen molar-refractivity contribution in [3.63, 3.8) is 0 Å². The molecule has 1 heterocycles. The van der Waals surface area contributed by atoms with Gasteiger partial charge in [0, 0.05) is 69.5 Å². The Morgan fingerprint density at radius 3 is 1.38 bits per heavy atom. The molecule has 68 heavy (non-hydrogen) atoms. The van der Waals surface area contributed by atoms with Crippen LogP contribution in [0.25, 0.3) is 0 Å². The van der Waals surface area contributed by atoms with Crippen LogP contribution in [0.5, 0.6) is 0 Å². The molecule has 4 amide bonds. The molecule has 0 aliphatic carbocycles. The minimum absolute atomic E-state index is 0.114. The van der Waals surface area contributed by atoms with Gasteiger partial charge in [-0.05, 0) is 138 Å². The number of carbonyl (C=O) groups is 2. The Morgan fingerprint density at radius 2 is 0.985 bits per heavy atom. The van der Waals surface area contributed by atoms with Crippen LogP contribution in [0.15, 0.2) is 103 Å². The van der Waals surface area contributed by atoms with E-state index in [-0.39, 0.29) is 18.1 Å². The third-order valence-electron chi connectivity index (χ3n) is 11.3. The SMILES string of the molecule is CCc1c(N)cc(Cl)c(CC)c1NC(=O)N(Cc1ccc(C)nc1)c1ccc(CC(F)(F)F)cc1.CCc1c(N)cc(Cl)c(CC)c1NC(=O)N(Cc1ccc(Cl)cc1)c1ccc(N(C)C)cc1. The first-order valence-electron chi connectivity index (χ1n) is 22.2. The number of nitrogens with one attached hydrogen (secondary N) is 2. The van der Waals surface area contributed by atoms with Crippen LogP contribution in [-0.2, 0) is 45.2 Å². The monoisotopic (exact) mass is 988 g/mol. The van der Waals surface area contributed by atoms with Crippen LogP contribution in [0.4, 0.5) is 62.6 Å². The largest absolute Gasteiger partial charge is 0.398 e. The lowest BCUT2D eigenvalue weighted by Gasteiger charge is -2.26. The molecule has 0 atom stereocenters. The molecule has 5 aromatic carbocycles. The Kier molecular flexibility index (Phi) is 18.4. The Hall–Kier alpha value is -6.15. The first-order chi connectivity index (χ1) is 32.3. The van der Waals surface area contributed by atoms with E-state index in [4.69, 9.17) is 46.3 Å². The lowest BCUT2D eigenvalue weighted by molar-refractivity contribution is -0.127. The molecule has 0 aliphatic rings. The van der Waals surface area contributed by atoms with Crippen molar-refractivity contribution in [2.45, 2.75) is 86.0 Å². The first kappa shape index (κ1) is 52.8. The topological polar surface area (TPSA) is 133 Å². The summed E-state index contributed by atoms with van der Waals surface area (Å²) in [5.74, 6) is 0. The Balaban J connectivity index is 0.000000255. The number of aromatic nitrogens is 1. The highest BCUT2D eigenvalue weighted by Gasteiger charge is 2.28. The third-order valence-corrected chi connectivity index (χ3v) is 12.2. The van der Waals surface area contributed by atoms with Gasteiger partial charge in [-0.15, -0.1) is 0 Å². The second kappa shape index (κ2) is 23.7. The highest BCUT2D eigenvalue weighted by Crippen LogP contribution is 2.37. The van der Waals surface area contributed by atoms with Crippen LogP contribution in [0.3, 0.4) is 0 Å². The number of halogens is 6. The van der Waals surface area contributed by atoms with E-state index in [1.165, 1.54) is 29.2 Å². The fourth-order valence-electron chi connectivity index (χ4n) is 7.68. The molecule has 6 N–H and O–H groups in total. The fourth-order valence-corrected chi connectivity index (χ4v) is 8.50. The molecule has 360 valence electrons. The van der Waals surface area contributed by atoms with Gasteiger partial charge < -0.3 is 27.0 Å².